The van der Waals surface area contributed by atoms with E-state index in [1.54, 1.807) is 17.4 Å². The molecule has 0 fully saturated rings. The first kappa shape index (κ1) is 11.2. The van der Waals surface area contributed by atoms with Crippen LogP contribution in [0.15, 0.2) is 29.0 Å². The molecule has 1 atom stereocenters. The number of benzene rings is 1. The molecule has 1 aromatic heterocycles. The predicted molar refractivity (Wildman–Crippen MR) is 72.6 cm³/mol. The number of hydrogen-bond donors (Lipinski definition) is 1. The van der Waals surface area contributed by atoms with Crippen LogP contribution in [0.25, 0.3) is 0 Å². The normalized spacial score (nSPS) is 18.1. The minimum atomic E-state index is 0.00688. The Hall–Kier alpha value is -0.900. The van der Waals surface area contributed by atoms with Crippen molar-refractivity contribution in [1.29, 1.82) is 0 Å². The lowest BCUT2D eigenvalue weighted by molar-refractivity contribution is 0.211. The van der Waals surface area contributed by atoms with Crippen molar-refractivity contribution < 1.29 is 4.74 Å². The van der Waals surface area contributed by atoms with E-state index in [1.165, 1.54) is 5.56 Å². The largest absolute Gasteiger partial charge is 0.480 e. The van der Waals surface area contributed by atoms with Gasteiger partial charge in [-0.25, -0.2) is 0 Å². The van der Waals surface area contributed by atoms with E-state index in [1.807, 2.05) is 11.4 Å². The van der Waals surface area contributed by atoms with Gasteiger partial charge in [-0.15, -0.1) is 0 Å². The smallest absolute Gasteiger partial charge is 0.162 e. The number of hydrogen-bond acceptors (Lipinski definition) is 3. The zero-order valence-corrected chi connectivity index (χ0v) is 11.1. The van der Waals surface area contributed by atoms with Gasteiger partial charge >= 0.3 is 0 Å². The predicted octanol–water partition coefficient (Wildman–Crippen LogP) is 4.60. The average molecular weight is 286 g/mol. The van der Waals surface area contributed by atoms with Gasteiger partial charge in [-0.05, 0) is 29.0 Å². The van der Waals surface area contributed by atoms with E-state index in [0.29, 0.717) is 15.8 Å². The SMILES string of the molecule is Clc1cc(Cl)c2c(c1)NCC(c1ccsc1)O2. The molecule has 88 valence electrons. The van der Waals surface area contributed by atoms with Gasteiger partial charge in [-0.3, -0.25) is 0 Å². The van der Waals surface area contributed by atoms with Gasteiger partial charge in [0.2, 0.25) is 0 Å². The highest BCUT2D eigenvalue weighted by atomic mass is 35.5. The Kier molecular flexibility index (Phi) is 2.90. The fraction of sp³-hybridized carbons (Fsp3) is 0.167. The van der Waals surface area contributed by atoms with E-state index in [-0.39, 0.29) is 6.10 Å². The second-order valence-electron chi connectivity index (χ2n) is 3.81. The van der Waals surface area contributed by atoms with Gasteiger partial charge in [-0.2, -0.15) is 11.3 Å². The van der Waals surface area contributed by atoms with Gasteiger partial charge in [0.1, 0.15) is 6.10 Å². The summed E-state index contributed by atoms with van der Waals surface area (Å²) in [5.74, 6) is 0.679. The Balaban J connectivity index is 1.95. The van der Waals surface area contributed by atoms with Gasteiger partial charge in [0.15, 0.2) is 5.75 Å². The summed E-state index contributed by atoms with van der Waals surface area (Å²) >= 11 is 13.7. The number of ether oxygens (including phenoxy) is 1. The van der Waals surface area contributed by atoms with Gasteiger partial charge in [0.25, 0.3) is 0 Å². The highest BCUT2D eigenvalue weighted by molar-refractivity contribution is 7.07. The summed E-state index contributed by atoms with van der Waals surface area (Å²) in [4.78, 5) is 0. The lowest BCUT2D eigenvalue weighted by Crippen LogP contribution is -2.23. The van der Waals surface area contributed by atoms with E-state index in [0.717, 1.165) is 12.2 Å². The third kappa shape index (κ3) is 2.10. The minimum Gasteiger partial charge on any atom is -0.480 e. The van der Waals surface area contributed by atoms with E-state index in [2.05, 4.69) is 16.8 Å². The van der Waals surface area contributed by atoms with E-state index < -0.39 is 0 Å². The highest BCUT2D eigenvalue weighted by Crippen LogP contribution is 2.41. The van der Waals surface area contributed by atoms with Crippen LogP contribution in [0.5, 0.6) is 5.75 Å². The molecule has 0 bridgehead atoms. The zero-order valence-electron chi connectivity index (χ0n) is 8.74. The van der Waals surface area contributed by atoms with Crippen LogP contribution in [-0.2, 0) is 0 Å². The van der Waals surface area contributed by atoms with Crippen LogP contribution in [-0.4, -0.2) is 6.54 Å². The fourth-order valence-electron chi connectivity index (χ4n) is 1.84. The molecule has 2 aromatic rings. The van der Waals surface area contributed by atoms with Crippen molar-refractivity contribution in [3.05, 3.63) is 44.6 Å². The number of halogens is 2. The quantitative estimate of drug-likeness (QED) is 0.827. The summed E-state index contributed by atoms with van der Waals surface area (Å²) in [5, 5.41) is 8.57. The first-order chi connectivity index (χ1) is 8.24. The highest BCUT2D eigenvalue weighted by Gasteiger charge is 2.23. The van der Waals surface area contributed by atoms with Crippen LogP contribution in [0.1, 0.15) is 11.7 Å². The Labute approximate surface area is 113 Å². The molecule has 5 heteroatoms. The van der Waals surface area contributed by atoms with Gasteiger partial charge in [-0.1, -0.05) is 23.2 Å². The molecule has 3 rings (SSSR count). The lowest BCUT2D eigenvalue weighted by atomic mass is 10.1. The van der Waals surface area contributed by atoms with E-state index in [9.17, 15) is 0 Å². The van der Waals surface area contributed by atoms with Crippen LogP contribution < -0.4 is 10.1 Å². The van der Waals surface area contributed by atoms with Crippen molar-refractivity contribution in [2.45, 2.75) is 6.10 Å². The number of anilines is 1. The third-order valence-corrected chi connectivity index (χ3v) is 3.86. The molecule has 1 aliphatic rings. The molecule has 0 radical (unpaired) electrons. The Morgan fingerprint density at radius 3 is 3.00 bits per heavy atom. The molecule has 1 aliphatic heterocycles. The van der Waals surface area contributed by atoms with Crippen molar-refractivity contribution in [2.24, 2.45) is 0 Å². The Morgan fingerprint density at radius 1 is 1.35 bits per heavy atom. The van der Waals surface area contributed by atoms with Crippen molar-refractivity contribution in [3.63, 3.8) is 0 Å². The molecule has 0 saturated carbocycles. The summed E-state index contributed by atoms with van der Waals surface area (Å²) in [6.07, 6.45) is 0.00688. The van der Waals surface area contributed by atoms with Crippen LogP contribution in [0, 0.1) is 0 Å². The summed E-state index contributed by atoms with van der Waals surface area (Å²) in [6.45, 7) is 0.723. The summed E-state index contributed by atoms with van der Waals surface area (Å²) in [6, 6.07) is 5.58. The van der Waals surface area contributed by atoms with Crippen LogP contribution in [0.2, 0.25) is 10.0 Å². The second-order valence-corrected chi connectivity index (χ2v) is 5.43. The molecule has 0 amide bonds. The van der Waals surface area contributed by atoms with Crippen molar-refractivity contribution in [3.8, 4) is 5.75 Å². The van der Waals surface area contributed by atoms with E-state index >= 15 is 0 Å². The molecule has 2 heterocycles. The average Bonchev–Trinajstić information content (AvgIpc) is 2.82. The van der Waals surface area contributed by atoms with Crippen molar-refractivity contribution >= 4 is 40.2 Å². The molecule has 17 heavy (non-hydrogen) atoms. The van der Waals surface area contributed by atoms with Crippen molar-refractivity contribution in [1.82, 2.24) is 0 Å². The number of fused-ring (bicyclic) bond motifs is 1. The summed E-state index contributed by atoms with van der Waals surface area (Å²) in [5.41, 5.74) is 2.02. The maximum Gasteiger partial charge on any atom is 0.162 e. The number of rotatable bonds is 1. The van der Waals surface area contributed by atoms with Gasteiger partial charge in [0.05, 0.1) is 17.3 Å². The number of thiophene rings is 1. The van der Waals surface area contributed by atoms with Gasteiger partial charge in [0, 0.05) is 10.6 Å². The first-order valence-electron chi connectivity index (χ1n) is 5.16. The molecular weight excluding hydrogens is 277 g/mol. The summed E-state index contributed by atoms with van der Waals surface area (Å²) < 4.78 is 5.92. The molecular formula is C12H9Cl2NOS. The maximum absolute atomic E-state index is 6.13. The number of nitrogens with one attached hydrogen (secondary N) is 1. The van der Waals surface area contributed by atoms with Crippen LogP contribution >= 0.6 is 34.5 Å². The Bertz CT molecular complexity index is 542. The summed E-state index contributed by atoms with van der Waals surface area (Å²) in [7, 11) is 0. The third-order valence-electron chi connectivity index (χ3n) is 2.66. The maximum atomic E-state index is 6.13. The van der Waals surface area contributed by atoms with Crippen LogP contribution in [0.3, 0.4) is 0 Å². The second kappa shape index (κ2) is 4.41. The molecule has 1 N–H and O–H groups in total. The zero-order chi connectivity index (χ0) is 11.8. The first-order valence-corrected chi connectivity index (χ1v) is 6.85. The topological polar surface area (TPSA) is 21.3 Å². The van der Waals surface area contributed by atoms with Gasteiger partial charge < -0.3 is 10.1 Å². The molecule has 1 unspecified atom stereocenters. The lowest BCUT2D eigenvalue weighted by Gasteiger charge is -2.27. The minimum absolute atomic E-state index is 0.00688. The van der Waals surface area contributed by atoms with Crippen molar-refractivity contribution in [2.75, 3.05) is 11.9 Å². The van der Waals surface area contributed by atoms with Crippen LogP contribution in [0.4, 0.5) is 5.69 Å². The standard InChI is InChI=1S/C12H9Cl2NOS/c13-8-3-9(14)12-10(4-8)15-5-11(16-12)7-1-2-17-6-7/h1-4,6,11,15H,5H2. The molecule has 2 nitrogen and oxygen atoms in total. The fourth-order valence-corrected chi connectivity index (χ4v) is 3.08. The molecule has 1 aromatic carbocycles. The molecule has 0 saturated heterocycles. The molecule has 0 aliphatic carbocycles. The van der Waals surface area contributed by atoms with E-state index in [4.69, 9.17) is 27.9 Å². The Morgan fingerprint density at radius 2 is 2.24 bits per heavy atom. The molecule has 0 spiro atoms. The monoisotopic (exact) mass is 285 g/mol.